The Morgan fingerprint density at radius 1 is 1.33 bits per heavy atom. The molecule has 2 nitrogen and oxygen atoms in total. The molecule has 18 heavy (non-hydrogen) atoms. The second kappa shape index (κ2) is 5.91. The monoisotopic (exact) mass is 242 g/mol. The van der Waals surface area contributed by atoms with Gasteiger partial charge in [-0.2, -0.15) is 5.26 Å². The first-order valence-electron chi connectivity index (χ1n) is 7.03. The van der Waals surface area contributed by atoms with E-state index in [2.05, 4.69) is 30.0 Å². The summed E-state index contributed by atoms with van der Waals surface area (Å²) in [5, 5.41) is 9.33. The molecule has 0 radical (unpaired) electrons. The Morgan fingerprint density at radius 2 is 2.17 bits per heavy atom. The molecule has 1 aromatic rings. The molecule has 0 saturated carbocycles. The minimum Gasteiger partial charge on any atom is -0.367 e. The van der Waals surface area contributed by atoms with E-state index in [0.29, 0.717) is 6.04 Å². The zero-order chi connectivity index (χ0) is 13.0. The van der Waals surface area contributed by atoms with Gasteiger partial charge in [0.25, 0.3) is 0 Å². The van der Waals surface area contributed by atoms with Gasteiger partial charge in [-0.3, -0.25) is 0 Å². The summed E-state index contributed by atoms with van der Waals surface area (Å²) in [6, 6.07) is 9.21. The molecule has 1 unspecified atom stereocenters. The van der Waals surface area contributed by atoms with Crippen LogP contribution in [0.1, 0.15) is 50.2 Å². The fourth-order valence-electron chi connectivity index (χ4n) is 2.91. The molecule has 1 atom stereocenters. The lowest BCUT2D eigenvalue weighted by Crippen LogP contribution is -2.34. The van der Waals surface area contributed by atoms with Crippen molar-refractivity contribution in [1.82, 2.24) is 0 Å². The molecule has 0 N–H and O–H groups in total. The van der Waals surface area contributed by atoms with Crippen molar-refractivity contribution >= 4 is 5.69 Å². The minimum absolute atomic E-state index is 0.599. The number of benzene rings is 1. The predicted molar refractivity (Wildman–Crippen MR) is 75.8 cm³/mol. The van der Waals surface area contributed by atoms with Crippen LogP contribution in [0.5, 0.6) is 0 Å². The Bertz CT molecular complexity index is 445. The maximum Gasteiger partial charge on any atom is 0.101 e. The summed E-state index contributed by atoms with van der Waals surface area (Å²) in [5.74, 6) is 0. The molecule has 0 spiro atoms. The van der Waals surface area contributed by atoms with Crippen LogP contribution in [0.15, 0.2) is 18.2 Å². The van der Waals surface area contributed by atoms with E-state index in [1.165, 1.54) is 32.1 Å². The summed E-state index contributed by atoms with van der Waals surface area (Å²) < 4.78 is 0. The highest BCUT2D eigenvalue weighted by molar-refractivity contribution is 5.61. The zero-order valence-electron chi connectivity index (χ0n) is 11.4. The molecule has 1 aromatic carbocycles. The normalized spacial score (nSPS) is 20.3. The van der Waals surface area contributed by atoms with E-state index < -0.39 is 0 Å². The Morgan fingerprint density at radius 3 is 2.89 bits per heavy atom. The van der Waals surface area contributed by atoms with E-state index in [4.69, 9.17) is 0 Å². The van der Waals surface area contributed by atoms with Gasteiger partial charge in [0.1, 0.15) is 6.07 Å². The number of hydrogen-bond acceptors (Lipinski definition) is 2. The molecule has 0 aromatic heterocycles. The summed E-state index contributed by atoms with van der Waals surface area (Å²) in [7, 11) is 0. The van der Waals surface area contributed by atoms with Crippen molar-refractivity contribution < 1.29 is 0 Å². The third-order valence-corrected chi connectivity index (χ3v) is 3.93. The number of nitrogens with zero attached hydrogens (tertiary/aromatic N) is 2. The second-order valence-corrected chi connectivity index (χ2v) is 5.24. The minimum atomic E-state index is 0.599. The maximum atomic E-state index is 9.33. The third-order valence-electron chi connectivity index (χ3n) is 3.93. The van der Waals surface area contributed by atoms with Gasteiger partial charge in [0.2, 0.25) is 0 Å². The molecule has 2 heteroatoms. The quantitative estimate of drug-likeness (QED) is 0.783. The molecule has 0 aliphatic carbocycles. The summed E-state index contributed by atoms with van der Waals surface area (Å²) in [5.41, 5.74) is 3.13. The van der Waals surface area contributed by atoms with Crippen molar-refractivity contribution in [3.8, 4) is 6.07 Å². The van der Waals surface area contributed by atoms with E-state index >= 15 is 0 Å². The maximum absolute atomic E-state index is 9.33. The molecule has 2 rings (SSSR count). The molecule has 1 aliphatic heterocycles. The third kappa shape index (κ3) is 2.67. The fraction of sp³-hybridized carbons (Fsp3) is 0.562. The van der Waals surface area contributed by atoms with E-state index in [1.54, 1.807) is 0 Å². The summed E-state index contributed by atoms with van der Waals surface area (Å²) in [6.45, 7) is 5.39. The van der Waals surface area contributed by atoms with Gasteiger partial charge in [-0.05, 0) is 43.9 Å². The van der Waals surface area contributed by atoms with Crippen LogP contribution in [0.25, 0.3) is 0 Å². The highest BCUT2D eigenvalue weighted by Gasteiger charge is 2.21. The SMILES string of the molecule is CCC1CCCCCN1c1ccc(C)cc1C#N. The van der Waals surface area contributed by atoms with Crippen molar-refractivity contribution in [2.45, 2.75) is 52.0 Å². The van der Waals surface area contributed by atoms with Gasteiger partial charge < -0.3 is 4.90 Å². The van der Waals surface area contributed by atoms with Gasteiger partial charge in [-0.25, -0.2) is 0 Å². The first kappa shape index (κ1) is 13.0. The number of rotatable bonds is 2. The Kier molecular flexibility index (Phi) is 4.25. The van der Waals surface area contributed by atoms with E-state index in [-0.39, 0.29) is 0 Å². The molecule has 0 amide bonds. The number of anilines is 1. The van der Waals surface area contributed by atoms with Crippen LogP contribution in [0.3, 0.4) is 0 Å². The summed E-state index contributed by atoms with van der Waals surface area (Å²) in [6.07, 6.45) is 6.31. The molecule has 96 valence electrons. The summed E-state index contributed by atoms with van der Waals surface area (Å²) >= 11 is 0. The van der Waals surface area contributed by atoms with Crippen LogP contribution in [0.4, 0.5) is 5.69 Å². The van der Waals surface area contributed by atoms with Gasteiger partial charge in [0, 0.05) is 12.6 Å². The van der Waals surface area contributed by atoms with Crippen LogP contribution in [0.2, 0.25) is 0 Å². The Balaban J connectivity index is 2.36. The largest absolute Gasteiger partial charge is 0.367 e. The van der Waals surface area contributed by atoms with Crippen molar-refractivity contribution in [2.24, 2.45) is 0 Å². The molecular formula is C16H22N2. The van der Waals surface area contributed by atoms with Crippen molar-refractivity contribution in [2.75, 3.05) is 11.4 Å². The number of aryl methyl sites for hydroxylation is 1. The van der Waals surface area contributed by atoms with Crippen molar-refractivity contribution in [3.63, 3.8) is 0 Å². The van der Waals surface area contributed by atoms with Crippen LogP contribution in [-0.2, 0) is 0 Å². The molecule has 1 saturated heterocycles. The number of nitriles is 1. The molecule has 0 bridgehead atoms. The van der Waals surface area contributed by atoms with E-state index in [9.17, 15) is 5.26 Å². The second-order valence-electron chi connectivity index (χ2n) is 5.24. The highest BCUT2D eigenvalue weighted by Crippen LogP contribution is 2.29. The van der Waals surface area contributed by atoms with E-state index in [1.807, 2.05) is 13.0 Å². The van der Waals surface area contributed by atoms with Gasteiger partial charge in [0.15, 0.2) is 0 Å². The zero-order valence-corrected chi connectivity index (χ0v) is 11.4. The van der Waals surface area contributed by atoms with Crippen molar-refractivity contribution in [1.29, 1.82) is 5.26 Å². The van der Waals surface area contributed by atoms with Gasteiger partial charge in [-0.1, -0.05) is 25.8 Å². The van der Waals surface area contributed by atoms with Crippen LogP contribution in [0, 0.1) is 18.3 Å². The molecule has 1 heterocycles. The van der Waals surface area contributed by atoms with Crippen molar-refractivity contribution in [3.05, 3.63) is 29.3 Å². The highest BCUT2D eigenvalue weighted by atomic mass is 15.2. The average Bonchev–Trinajstić information content (AvgIpc) is 2.63. The Labute approximate surface area is 110 Å². The van der Waals surface area contributed by atoms with Crippen LogP contribution in [-0.4, -0.2) is 12.6 Å². The average molecular weight is 242 g/mol. The molecule has 1 aliphatic rings. The standard InChI is InChI=1S/C16H22N2/c1-3-15-7-5-4-6-10-18(15)16-9-8-13(2)11-14(16)12-17/h8-9,11,15H,3-7,10H2,1-2H3. The summed E-state index contributed by atoms with van der Waals surface area (Å²) in [4.78, 5) is 2.46. The van der Waals surface area contributed by atoms with E-state index in [0.717, 1.165) is 23.4 Å². The van der Waals surface area contributed by atoms with Crippen LogP contribution < -0.4 is 4.90 Å². The Hall–Kier alpha value is -1.49. The lowest BCUT2D eigenvalue weighted by molar-refractivity contribution is 0.556. The lowest BCUT2D eigenvalue weighted by atomic mass is 10.0. The number of hydrogen-bond donors (Lipinski definition) is 0. The lowest BCUT2D eigenvalue weighted by Gasteiger charge is -2.32. The molecule has 1 fully saturated rings. The topological polar surface area (TPSA) is 27.0 Å². The fourth-order valence-corrected chi connectivity index (χ4v) is 2.91. The smallest absolute Gasteiger partial charge is 0.101 e. The first-order valence-corrected chi connectivity index (χ1v) is 7.03. The van der Waals surface area contributed by atoms with Crippen LogP contribution >= 0.6 is 0 Å². The van der Waals surface area contributed by atoms with Gasteiger partial charge in [0.05, 0.1) is 11.3 Å². The molecular weight excluding hydrogens is 220 g/mol. The first-order chi connectivity index (χ1) is 8.76. The van der Waals surface area contributed by atoms with Gasteiger partial charge in [-0.15, -0.1) is 0 Å². The predicted octanol–water partition coefficient (Wildman–Crippen LogP) is 4.03. The van der Waals surface area contributed by atoms with Gasteiger partial charge >= 0.3 is 0 Å².